The summed E-state index contributed by atoms with van der Waals surface area (Å²) >= 11 is 4.93. The first-order chi connectivity index (χ1) is 9.99. The van der Waals surface area contributed by atoms with Crippen molar-refractivity contribution >= 4 is 17.2 Å². The van der Waals surface area contributed by atoms with Crippen LogP contribution in [0.25, 0.3) is 0 Å². The summed E-state index contributed by atoms with van der Waals surface area (Å²) in [5.74, 6) is -0.278. The normalized spacial score (nSPS) is 19.3. The second kappa shape index (κ2) is 7.29. The Hall–Kier alpha value is -1.04. The Balaban J connectivity index is 1.99. The average molecular weight is 309 g/mol. The van der Waals surface area contributed by atoms with Gasteiger partial charge in [-0.15, -0.1) is 0 Å². The summed E-state index contributed by atoms with van der Waals surface area (Å²) in [5, 5.41) is 0. The van der Waals surface area contributed by atoms with E-state index in [-0.39, 0.29) is 10.8 Å². The fraction of sp³-hybridized carbons (Fsp3) is 0.562. The summed E-state index contributed by atoms with van der Waals surface area (Å²) in [6.45, 7) is 6.22. The molecule has 1 atom stereocenters. The number of likely N-dealkylation sites (tertiary alicyclic amines) is 1. The summed E-state index contributed by atoms with van der Waals surface area (Å²) < 4.78 is 13.6. The van der Waals surface area contributed by atoms with Crippen molar-refractivity contribution in [2.24, 2.45) is 5.73 Å². The highest BCUT2D eigenvalue weighted by Crippen LogP contribution is 2.18. The molecule has 0 spiro atoms. The van der Waals surface area contributed by atoms with Crippen LogP contribution in [0.15, 0.2) is 18.2 Å². The fourth-order valence-electron chi connectivity index (χ4n) is 3.14. The smallest absolute Gasteiger partial charge is 0.124 e. The Morgan fingerprint density at radius 1 is 1.48 bits per heavy atom. The van der Waals surface area contributed by atoms with Crippen molar-refractivity contribution in [1.82, 2.24) is 9.80 Å². The zero-order chi connectivity index (χ0) is 15.4. The van der Waals surface area contributed by atoms with Gasteiger partial charge < -0.3 is 10.6 Å². The third-order valence-electron chi connectivity index (χ3n) is 4.12. The van der Waals surface area contributed by atoms with Gasteiger partial charge in [0.05, 0.1) is 0 Å². The molecule has 1 unspecified atom stereocenters. The minimum atomic E-state index is -0.278. The number of hydrogen-bond donors (Lipinski definition) is 1. The molecule has 0 bridgehead atoms. The first-order valence-electron chi connectivity index (χ1n) is 7.51. The van der Waals surface area contributed by atoms with Gasteiger partial charge in [0, 0.05) is 24.7 Å². The van der Waals surface area contributed by atoms with Crippen LogP contribution in [0, 0.1) is 5.82 Å². The summed E-state index contributed by atoms with van der Waals surface area (Å²) in [6.07, 6.45) is 2.53. The number of halogens is 1. The van der Waals surface area contributed by atoms with Gasteiger partial charge in [0.1, 0.15) is 10.8 Å². The van der Waals surface area contributed by atoms with E-state index in [1.807, 2.05) is 6.07 Å². The van der Waals surface area contributed by atoms with Crippen LogP contribution < -0.4 is 5.73 Å². The second-order valence-electron chi connectivity index (χ2n) is 5.83. The highest BCUT2D eigenvalue weighted by molar-refractivity contribution is 7.80. The molecule has 0 aromatic heterocycles. The second-order valence-corrected chi connectivity index (χ2v) is 6.27. The van der Waals surface area contributed by atoms with Crippen LogP contribution >= 0.6 is 12.2 Å². The summed E-state index contributed by atoms with van der Waals surface area (Å²) in [7, 11) is 2.08. The Morgan fingerprint density at radius 2 is 2.24 bits per heavy atom. The molecular formula is C16H24FN3S. The topological polar surface area (TPSA) is 32.5 Å². The van der Waals surface area contributed by atoms with Crippen LogP contribution in [0.3, 0.4) is 0 Å². The summed E-state index contributed by atoms with van der Waals surface area (Å²) in [6, 6.07) is 5.45. The lowest BCUT2D eigenvalue weighted by Crippen LogP contribution is -2.38. The van der Waals surface area contributed by atoms with Crippen LogP contribution in [0.5, 0.6) is 0 Å². The maximum atomic E-state index is 13.6. The van der Waals surface area contributed by atoms with E-state index in [1.165, 1.54) is 25.5 Å². The lowest BCUT2D eigenvalue weighted by Gasteiger charge is -2.27. The third-order valence-corrected chi connectivity index (χ3v) is 4.36. The van der Waals surface area contributed by atoms with E-state index in [4.69, 9.17) is 18.0 Å². The lowest BCUT2D eigenvalue weighted by molar-refractivity contribution is 0.194. The summed E-state index contributed by atoms with van der Waals surface area (Å²) in [5.41, 5.74) is 7.11. The van der Waals surface area contributed by atoms with Crippen molar-refractivity contribution in [1.29, 1.82) is 0 Å². The maximum Gasteiger partial charge on any atom is 0.124 e. The van der Waals surface area contributed by atoms with Crippen LogP contribution in [0.4, 0.5) is 4.39 Å². The standard InChI is InChI=1S/C16H24FN3S/c1-3-20-6-4-5-15(20)11-19(2)10-12-7-13(16(18)21)9-14(17)8-12/h7-9,15H,3-6,10-11H2,1-2H3,(H2,18,21). The van der Waals surface area contributed by atoms with Gasteiger partial charge >= 0.3 is 0 Å². The minimum absolute atomic E-state index is 0.242. The highest BCUT2D eigenvalue weighted by Gasteiger charge is 2.23. The van der Waals surface area contributed by atoms with Crippen LogP contribution in [-0.2, 0) is 6.54 Å². The van der Waals surface area contributed by atoms with E-state index in [2.05, 4.69) is 23.8 Å². The molecule has 0 aliphatic carbocycles. The molecule has 0 amide bonds. The zero-order valence-corrected chi connectivity index (χ0v) is 13.6. The van der Waals surface area contributed by atoms with Gasteiger partial charge in [0.2, 0.25) is 0 Å². The number of rotatable bonds is 6. The molecule has 1 aromatic rings. The van der Waals surface area contributed by atoms with Crippen molar-refractivity contribution < 1.29 is 4.39 Å². The van der Waals surface area contributed by atoms with Crippen molar-refractivity contribution in [3.05, 3.63) is 35.1 Å². The van der Waals surface area contributed by atoms with Crippen LogP contribution in [0.1, 0.15) is 30.9 Å². The largest absolute Gasteiger partial charge is 0.389 e. The third kappa shape index (κ3) is 4.46. The number of thiocarbonyl (C=S) groups is 1. The van der Waals surface area contributed by atoms with Gasteiger partial charge in [-0.3, -0.25) is 4.90 Å². The number of benzene rings is 1. The molecule has 1 aliphatic heterocycles. The Morgan fingerprint density at radius 3 is 2.90 bits per heavy atom. The zero-order valence-electron chi connectivity index (χ0n) is 12.8. The molecule has 0 radical (unpaired) electrons. The van der Waals surface area contributed by atoms with Gasteiger partial charge in [-0.1, -0.05) is 19.1 Å². The quantitative estimate of drug-likeness (QED) is 0.818. The monoisotopic (exact) mass is 309 g/mol. The molecule has 1 saturated heterocycles. The van der Waals surface area contributed by atoms with Gasteiger partial charge in [-0.2, -0.15) is 0 Å². The first kappa shape index (κ1) is 16.3. The molecule has 1 heterocycles. The molecule has 1 aliphatic rings. The molecule has 1 aromatic carbocycles. The molecule has 1 fully saturated rings. The van der Waals surface area contributed by atoms with Crippen LogP contribution in [-0.4, -0.2) is 47.5 Å². The van der Waals surface area contributed by atoms with Gasteiger partial charge in [-0.05, 0) is 56.7 Å². The molecule has 0 saturated carbocycles. The predicted octanol–water partition coefficient (Wildman–Crippen LogP) is 2.38. The van der Waals surface area contributed by atoms with Crippen molar-refractivity contribution in [3.8, 4) is 0 Å². The number of nitrogens with zero attached hydrogens (tertiary/aromatic N) is 2. The van der Waals surface area contributed by atoms with Gasteiger partial charge in [-0.25, -0.2) is 4.39 Å². The molecule has 116 valence electrons. The molecule has 21 heavy (non-hydrogen) atoms. The van der Waals surface area contributed by atoms with Gasteiger partial charge in [0.15, 0.2) is 0 Å². The minimum Gasteiger partial charge on any atom is -0.389 e. The van der Waals surface area contributed by atoms with Crippen LogP contribution in [0.2, 0.25) is 0 Å². The van der Waals surface area contributed by atoms with E-state index in [9.17, 15) is 4.39 Å². The Labute approximate surface area is 131 Å². The highest BCUT2D eigenvalue weighted by atomic mass is 32.1. The van der Waals surface area contributed by atoms with E-state index in [0.29, 0.717) is 18.2 Å². The first-order valence-corrected chi connectivity index (χ1v) is 7.92. The van der Waals surface area contributed by atoms with Gasteiger partial charge in [0.25, 0.3) is 0 Å². The summed E-state index contributed by atoms with van der Waals surface area (Å²) in [4.78, 5) is 5.01. The number of likely N-dealkylation sites (N-methyl/N-ethyl adjacent to an activating group) is 2. The number of hydrogen-bond acceptors (Lipinski definition) is 3. The molecule has 5 heteroatoms. The van der Waals surface area contributed by atoms with Crippen molar-refractivity contribution in [2.45, 2.75) is 32.4 Å². The average Bonchev–Trinajstić information content (AvgIpc) is 2.84. The van der Waals surface area contributed by atoms with Crippen molar-refractivity contribution in [2.75, 3.05) is 26.7 Å². The predicted molar refractivity (Wildman–Crippen MR) is 88.9 cm³/mol. The molecule has 3 nitrogen and oxygen atoms in total. The van der Waals surface area contributed by atoms with E-state index < -0.39 is 0 Å². The van der Waals surface area contributed by atoms with E-state index in [1.54, 1.807) is 6.07 Å². The van der Waals surface area contributed by atoms with E-state index in [0.717, 1.165) is 18.7 Å². The molecule has 2 rings (SSSR count). The molecular weight excluding hydrogens is 285 g/mol. The number of nitrogens with two attached hydrogens (primary N) is 1. The lowest BCUT2D eigenvalue weighted by atomic mass is 10.1. The maximum absolute atomic E-state index is 13.6. The SMILES string of the molecule is CCN1CCCC1CN(C)Cc1cc(F)cc(C(N)=S)c1. The van der Waals surface area contributed by atoms with Crippen molar-refractivity contribution in [3.63, 3.8) is 0 Å². The van der Waals surface area contributed by atoms with E-state index >= 15 is 0 Å². The molecule has 2 N–H and O–H groups in total. The Bertz CT molecular complexity index is 506. The Kier molecular flexibility index (Phi) is 5.67. The fourth-order valence-corrected chi connectivity index (χ4v) is 3.26.